The third-order valence-corrected chi connectivity index (χ3v) is 3.47. The summed E-state index contributed by atoms with van der Waals surface area (Å²) in [6.45, 7) is 2.59. The molecule has 0 saturated carbocycles. The van der Waals surface area contributed by atoms with Crippen LogP contribution in [0, 0.1) is 0 Å². The van der Waals surface area contributed by atoms with Gasteiger partial charge in [0.2, 0.25) is 5.75 Å². The molecule has 2 aromatic rings. The first-order valence-electron chi connectivity index (χ1n) is 8.10. The van der Waals surface area contributed by atoms with Gasteiger partial charge in [-0.3, -0.25) is 5.43 Å². The lowest BCUT2D eigenvalue weighted by atomic mass is 10.2. The Balaban J connectivity index is 2.15. The number of hydrazone groups is 1. The Bertz CT molecular complexity index is 747. The van der Waals surface area contributed by atoms with E-state index >= 15 is 0 Å². The number of hydrogen-bond donors (Lipinski definition) is 2. The van der Waals surface area contributed by atoms with Gasteiger partial charge in [0.25, 0.3) is 0 Å². The Kier molecular flexibility index (Phi) is 6.84. The smallest absolute Gasteiger partial charge is 0.335 e. The molecule has 7 nitrogen and oxygen atoms in total. The maximum absolute atomic E-state index is 10.8. The van der Waals surface area contributed by atoms with Crippen LogP contribution in [0.25, 0.3) is 0 Å². The van der Waals surface area contributed by atoms with Crippen molar-refractivity contribution in [3.05, 3.63) is 47.5 Å². The van der Waals surface area contributed by atoms with Crippen molar-refractivity contribution in [1.29, 1.82) is 0 Å². The number of ether oxygens (including phenoxy) is 3. The molecule has 26 heavy (non-hydrogen) atoms. The molecule has 0 aliphatic carbocycles. The van der Waals surface area contributed by atoms with Gasteiger partial charge in [0.15, 0.2) is 11.5 Å². The van der Waals surface area contributed by atoms with Gasteiger partial charge in [-0.2, -0.15) is 5.10 Å². The highest BCUT2D eigenvalue weighted by molar-refractivity contribution is 5.88. The summed E-state index contributed by atoms with van der Waals surface area (Å²) in [7, 11) is 3.13. The Hall–Kier alpha value is -3.22. The Morgan fingerprint density at radius 1 is 1.15 bits per heavy atom. The van der Waals surface area contributed by atoms with Gasteiger partial charge in [-0.1, -0.05) is 6.92 Å². The quantitative estimate of drug-likeness (QED) is 0.525. The maximum Gasteiger partial charge on any atom is 0.335 e. The fraction of sp³-hybridized carbons (Fsp3) is 0.263. The van der Waals surface area contributed by atoms with Crippen molar-refractivity contribution < 1.29 is 24.1 Å². The molecule has 0 atom stereocenters. The highest BCUT2D eigenvalue weighted by Gasteiger charge is 2.13. The molecule has 0 fully saturated rings. The summed E-state index contributed by atoms with van der Waals surface area (Å²) in [6.07, 6.45) is 2.49. The Morgan fingerprint density at radius 3 is 2.27 bits per heavy atom. The zero-order valence-electron chi connectivity index (χ0n) is 15.0. The molecule has 0 aliphatic heterocycles. The number of anilines is 1. The summed E-state index contributed by atoms with van der Waals surface area (Å²) in [6, 6.07) is 9.89. The van der Waals surface area contributed by atoms with E-state index in [1.165, 1.54) is 12.1 Å². The largest absolute Gasteiger partial charge is 0.493 e. The second-order valence-electron chi connectivity index (χ2n) is 5.36. The van der Waals surface area contributed by atoms with Crippen LogP contribution in [0.2, 0.25) is 0 Å². The first-order valence-corrected chi connectivity index (χ1v) is 8.10. The number of carbonyl (C=O) groups is 1. The zero-order valence-corrected chi connectivity index (χ0v) is 15.0. The number of benzene rings is 2. The van der Waals surface area contributed by atoms with Gasteiger partial charge in [-0.25, -0.2) is 4.79 Å². The number of rotatable bonds is 9. The predicted molar refractivity (Wildman–Crippen MR) is 100.0 cm³/mol. The summed E-state index contributed by atoms with van der Waals surface area (Å²) >= 11 is 0. The third kappa shape index (κ3) is 4.89. The second-order valence-corrected chi connectivity index (χ2v) is 5.36. The lowest BCUT2D eigenvalue weighted by Crippen LogP contribution is -2.02. The number of nitrogens with one attached hydrogen (secondary N) is 1. The average Bonchev–Trinajstić information content (AvgIpc) is 2.66. The van der Waals surface area contributed by atoms with Crippen molar-refractivity contribution in [2.75, 3.05) is 26.3 Å². The van der Waals surface area contributed by atoms with Gasteiger partial charge in [0, 0.05) is 5.56 Å². The molecule has 0 heterocycles. The average molecular weight is 358 g/mol. The SMILES string of the molecule is CCCOc1c(OC)cc(C=NNc2ccc(C(=O)O)cc2)cc1OC. The number of aromatic carboxylic acids is 1. The topological polar surface area (TPSA) is 89.4 Å². The predicted octanol–water partition coefficient (Wildman–Crippen LogP) is 3.64. The highest BCUT2D eigenvalue weighted by atomic mass is 16.5. The molecule has 0 radical (unpaired) electrons. The van der Waals surface area contributed by atoms with Gasteiger partial charge < -0.3 is 19.3 Å². The zero-order chi connectivity index (χ0) is 18.9. The van der Waals surface area contributed by atoms with E-state index in [0.717, 1.165) is 12.0 Å². The van der Waals surface area contributed by atoms with Gasteiger partial charge in [0.1, 0.15) is 0 Å². The van der Waals surface area contributed by atoms with E-state index in [0.29, 0.717) is 29.5 Å². The molecule has 2 aromatic carbocycles. The van der Waals surface area contributed by atoms with Gasteiger partial charge in [0.05, 0.1) is 38.3 Å². The van der Waals surface area contributed by atoms with Crippen molar-refractivity contribution in [2.24, 2.45) is 5.10 Å². The van der Waals surface area contributed by atoms with Crippen LogP contribution in [-0.4, -0.2) is 38.1 Å². The first-order chi connectivity index (χ1) is 12.6. The van der Waals surface area contributed by atoms with E-state index < -0.39 is 5.97 Å². The molecule has 0 saturated heterocycles. The fourth-order valence-electron chi connectivity index (χ4n) is 2.19. The standard InChI is InChI=1S/C19H22N2O5/c1-4-9-26-18-16(24-2)10-13(11-17(18)25-3)12-20-21-15-7-5-14(6-8-15)19(22)23/h5-8,10-12,21H,4,9H2,1-3H3,(H,22,23). The number of nitrogens with zero attached hydrogens (tertiary/aromatic N) is 1. The van der Waals surface area contributed by atoms with Crippen LogP contribution in [0.15, 0.2) is 41.5 Å². The first kappa shape index (κ1) is 19.1. The van der Waals surface area contributed by atoms with Crippen LogP contribution in [-0.2, 0) is 0 Å². The van der Waals surface area contributed by atoms with E-state index in [1.807, 2.05) is 6.92 Å². The molecule has 0 spiro atoms. The monoisotopic (exact) mass is 358 g/mol. The van der Waals surface area contributed by atoms with Crippen LogP contribution in [0.4, 0.5) is 5.69 Å². The normalized spacial score (nSPS) is 10.6. The lowest BCUT2D eigenvalue weighted by molar-refractivity contribution is 0.0697. The molecule has 2 rings (SSSR count). The molecule has 2 N–H and O–H groups in total. The summed E-state index contributed by atoms with van der Waals surface area (Å²) in [5.74, 6) is 0.714. The molecule has 7 heteroatoms. The van der Waals surface area contributed by atoms with Crippen molar-refractivity contribution >= 4 is 17.9 Å². The van der Waals surface area contributed by atoms with Crippen LogP contribution >= 0.6 is 0 Å². The highest BCUT2D eigenvalue weighted by Crippen LogP contribution is 2.38. The summed E-state index contributed by atoms with van der Waals surface area (Å²) < 4.78 is 16.5. The van der Waals surface area contributed by atoms with E-state index in [4.69, 9.17) is 19.3 Å². The van der Waals surface area contributed by atoms with Gasteiger partial charge >= 0.3 is 5.97 Å². The minimum Gasteiger partial charge on any atom is -0.493 e. The maximum atomic E-state index is 10.8. The Morgan fingerprint density at radius 2 is 1.77 bits per heavy atom. The summed E-state index contributed by atoms with van der Waals surface area (Å²) in [5.41, 5.74) is 4.50. The van der Waals surface area contributed by atoms with E-state index in [1.54, 1.807) is 44.7 Å². The number of carboxylic acid groups (broad SMARTS) is 1. The Labute approximate surface area is 152 Å². The minimum absolute atomic E-state index is 0.219. The summed E-state index contributed by atoms with van der Waals surface area (Å²) in [4.78, 5) is 10.8. The molecule has 0 aliphatic rings. The third-order valence-electron chi connectivity index (χ3n) is 3.47. The number of hydrogen-bond acceptors (Lipinski definition) is 6. The van der Waals surface area contributed by atoms with Crippen molar-refractivity contribution in [1.82, 2.24) is 0 Å². The van der Waals surface area contributed by atoms with Gasteiger partial charge in [-0.15, -0.1) is 0 Å². The molecule has 0 unspecified atom stereocenters. The number of carboxylic acids is 1. The van der Waals surface area contributed by atoms with E-state index in [9.17, 15) is 4.79 Å². The summed E-state index contributed by atoms with van der Waals surface area (Å²) in [5, 5.41) is 13.0. The van der Waals surface area contributed by atoms with E-state index in [2.05, 4.69) is 10.5 Å². The second kappa shape index (κ2) is 9.31. The van der Waals surface area contributed by atoms with Crippen molar-refractivity contribution in [2.45, 2.75) is 13.3 Å². The van der Waals surface area contributed by atoms with Crippen LogP contribution < -0.4 is 19.6 Å². The van der Waals surface area contributed by atoms with Gasteiger partial charge in [-0.05, 0) is 42.8 Å². The molecule has 0 bridgehead atoms. The molecule has 0 amide bonds. The fourth-order valence-corrected chi connectivity index (χ4v) is 2.19. The number of methoxy groups -OCH3 is 2. The van der Waals surface area contributed by atoms with Crippen LogP contribution in [0.3, 0.4) is 0 Å². The van der Waals surface area contributed by atoms with Crippen molar-refractivity contribution in [3.8, 4) is 17.2 Å². The van der Waals surface area contributed by atoms with Crippen LogP contribution in [0.5, 0.6) is 17.2 Å². The molecular formula is C19H22N2O5. The van der Waals surface area contributed by atoms with E-state index in [-0.39, 0.29) is 5.56 Å². The molecule has 138 valence electrons. The molecule has 0 aromatic heterocycles. The van der Waals surface area contributed by atoms with Crippen LogP contribution in [0.1, 0.15) is 29.3 Å². The minimum atomic E-state index is -0.968. The molecular weight excluding hydrogens is 336 g/mol. The lowest BCUT2D eigenvalue weighted by Gasteiger charge is -2.14. The van der Waals surface area contributed by atoms with Crippen molar-refractivity contribution in [3.63, 3.8) is 0 Å².